The quantitative estimate of drug-likeness (QED) is 0.360. The van der Waals surface area contributed by atoms with Crippen molar-refractivity contribution in [3.05, 3.63) is 18.2 Å². The third-order valence-corrected chi connectivity index (χ3v) is 4.48. The van der Waals surface area contributed by atoms with E-state index in [0.29, 0.717) is 12.1 Å². The van der Waals surface area contributed by atoms with Crippen LogP contribution in [0, 0.1) is 0 Å². The second kappa shape index (κ2) is 10.6. The Morgan fingerprint density at radius 3 is 2.62 bits per heavy atom. The fourth-order valence-corrected chi connectivity index (χ4v) is 2.86. The third kappa shape index (κ3) is 7.42. The molecule has 0 saturated heterocycles. The number of nitrogens with one attached hydrogen (secondary N) is 1. The molecule has 0 bridgehead atoms. The first-order valence-electron chi connectivity index (χ1n) is 7.99. The number of rotatable bonds is 10. The van der Waals surface area contributed by atoms with Gasteiger partial charge in [0.15, 0.2) is 0 Å². The van der Waals surface area contributed by atoms with Crippen LogP contribution in [-0.4, -0.2) is 11.7 Å². The minimum atomic E-state index is 0.0656. The molecule has 1 amide bonds. The lowest BCUT2D eigenvalue weighted by Crippen LogP contribution is -2.12. The van der Waals surface area contributed by atoms with Crippen molar-refractivity contribution in [1.82, 2.24) is 0 Å². The molecule has 3 N–H and O–H groups in total. The molecule has 3 nitrogen and oxygen atoms in total. The van der Waals surface area contributed by atoms with Crippen LogP contribution in [0.1, 0.15) is 58.8 Å². The summed E-state index contributed by atoms with van der Waals surface area (Å²) in [5.41, 5.74) is 7.32. The molecule has 0 aromatic heterocycles. The van der Waals surface area contributed by atoms with Gasteiger partial charge in [0, 0.05) is 11.3 Å². The molecule has 0 aliphatic rings. The maximum absolute atomic E-state index is 11.9. The summed E-state index contributed by atoms with van der Waals surface area (Å²) in [5, 5.41) is 2.94. The van der Waals surface area contributed by atoms with Gasteiger partial charge < -0.3 is 11.1 Å². The van der Waals surface area contributed by atoms with Crippen LogP contribution >= 0.6 is 11.8 Å². The molecule has 0 spiro atoms. The zero-order valence-electron chi connectivity index (χ0n) is 13.3. The lowest BCUT2D eigenvalue weighted by atomic mass is 10.1. The lowest BCUT2D eigenvalue weighted by molar-refractivity contribution is -0.116. The molecule has 0 heterocycles. The fraction of sp³-hybridized carbons (Fsp3) is 0.588. The summed E-state index contributed by atoms with van der Waals surface area (Å²) in [4.78, 5) is 13.1. The molecule has 0 radical (unpaired) electrons. The number of hydrogen-bond acceptors (Lipinski definition) is 3. The Morgan fingerprint density at radius 1 is 1.14 bits per heavy atom. The minimum Gasteiger partial charge on any atom is -0.397 e. The highest BCUT2D eigenvalue weighted by Crippen LogP contribution is 2.27. The number of unbranched alkanes of at least 4 members (excludes halogenated alkanes) is 4. The Balaban J connectivity index is 2.43. The Hall–Kier alpha value is -1.16. The van der Waals surface area contributed by atoms with E-state index in [1.165, 1.54) is 19.3 Å². The third-order valence-electron chi connectivity index (χ3n) is 3.28. The highest BCUT2D eigenvalue weighted by atomic mass is 32.2. The number of amides is 1. The summed E-state index contributed by atoms with van der Waals surface area (Å²) in [6.07, 6.45) is 7.49. The Labute approximate surface area is 133 Å². The van der Waals surface area contributed by atoms with Gasteiger partial charge in [0.05, 0.1) is 11.4 Å². The average molecular weight is 308 g/mol. The molecule has 21 heavy (non-hydrogen) atoms. The van der Waals surface area contributed by atoms with Crippen molar-refractivity contribution in [2.75, 3.05) is 16.8 Å². The molecule has 1 aromatic rings. The van der Waals surface area contributed by atoms with Crippen LogP contribution in [0.3, 0.4) is 0 Å². The fourth-order valence-electron chi connectivity index (χ4n) is 2.06. The number of anilines is 2. The zero-order chi connectivity index (χ0) is 15.5. The molecule has 0 unspecified atom stereocenters. The van der Waals surface area contributed by atoms with Crippen molar-refractivity contribution < 1.29 is 4.79 Å². The SMILES string of the molecule is CCCCCCCC(=O)Nc1cc(SCCC)ccc1N. The normalized spacial score (nSPS) is 10.6. The molecule has 0 aliphatic carbocycles. The first kappa shape index (κ1) is 17.9. The van der Waals surface area contributed by atoms with Gasteiger partial charge >= 0.3 is 0 Å². The molecular formula is C17H28N2OS. The number of hydrogen-bond donors (Lipinski definition) is 2. The summed E-state index contributed by atoms with van der Waals surface area (Å²) < 4.78 is 0. The summed E-state index contributed by atoms with van der Waals surface area (Å²) in [6.45, 7) is 4.35. The summed E-state index contributed by atoms with van der Waals surface area (Å²) >= 11 is 1.79. The van der Waals surface area contributed by atoms with E-state index in [9.17, 15) is 4.79 Å². The molecule has 0 fully saturated rings. The van der Waals surface area contributed by atoms with E-state index in [1.54, 1.807) is 11.8 Å². The molecule has 1 aromatic carbocycles. The van der Waals surface area contributed by atoms with Crippen LogP contribution in [0.2, 0.25) is 0 Å². The standard InChI is InChI=1S/C17H28N2OS/c1-3-5-6-7-8-9-17(20)19-16-13-14(21-12-4-2)10-11-15(16)18/h10-11,13H,3-9,12,18H2,1-2H3,(H,19,20). The van der Waals surface area contributed by atoms with Gasteiger partial charge in [-0.1, -0.05) is 39.5 Å². The minimum absolute atomic E-state index is 0.0656. The van der Waals surface area contributed by atoms with Gasteiger partial charge in [-0.3, -0.25) is 4.79 Å². The molecule has 4 heteroatoms. The molecule has 0 aliphatic heterocycles. The predicted octanol–water partition coefficient (Wildman–Crippen LogP) is 5.07. The van der Waals surface area contributed by atoms with Crippen LogP contribution in [0.5, 0.6) is 0 Å². The molecule has 0 saturated carbocycles. The number of nitrogens with two attached hydrogens (primary N) is 1. The maximum atomic E-state index is 11.9. The molecule has 0 atom stereocenters. The van der Waals surface area contributed by atoms with Gasteiger partial charge in [-0.15, -0.1) is 11.8 Å². The van der Waals surface area contributed by atoms with Crippen LogP contribution in [0.25, 0.3) is 0 Å². The van der Waals surface area contributed by atoms with Crippen LogP contribution < -0.4 is 11.1 Å². The average Bonchev–Trinajstić information content (AvgIpc) is 2.48. The van der Waals surface area contributed by atoms with Crippen LogP contribution in [0.4, 0.5) is 11.4 Å². The highest BCUT2D eigenvalue weighted by molar-refractivity contribution is 7.99. The summed E-state index contributed by atoms with van der Waals surface area (Å²) in [6, 6.07) is 5.86. The largest absolute Gasteiger partial charge is 0.397 e. The molecule has 1 rings (SSSR count). The van der Waals surface area contributed by atoms with Gasteiger partial charge in [0.1, 0.15) is 0 Å². The van der Waals surface area contributed by atoms with Crippen molar-refractivity contribution in [1.29, 1.82) is 0 Å². The highest BCUT2D eigenvalue weighted by Gasteiger charge is 2.06. The Bertz CT molecular complexity index is 435. The summed E-state index contributed by atoms with van der Waals surface area (Å²) in [7, 11) is 0. The van der Waals surface area contributed by atoms with E-state index in [-0.39, 0.29) is 5.91 Å². The van der Waals surface area contributed by atoms with Crippen molar-refractivity contribution in [2.45, 2.75) is 63.7 Å². The van der Waals surface area contributed by atoms with Crippen molar-refractivity contribution in [2.24, 2.45) is 0 Å². The van der Waals surface area contributed by atoms with E-state index in [4.69, 9.17) is 5.73 Å². The summed E-state index contributed by atoms with van der Waals surface area (Å²) in [5.74, 6) is 1.14. The number of carbonyl (C=O) groups excluding carboxylic acids is 1. The first-order chi connectivity index (χ1) is 10.2. The molecule has 118 valence electrons. The first-order valence-corrected chi connectivity index (χ1v) is 8.98. The van der Waals surface area contributed by atoms with Gasteiger partial charge in [-0.05, 0) is 36.8 Å². The number of nitrogen functional groups attached to an aromatic ring is 1. The second-order valence-corrected chi connectivity index (χ2v) is 6.48. The van der Waals surface area contributed by atoms with Gasteiger partial charge in [-0.25, -0.2) is 0 Å². The number of carbonyl (C=O) groups is 1. The van der Waals surface area contributed by atoms with E-state index >= 15 is 0 Å². The van der Waals surface area contributed by atoms with Gasteiger partial charge in [0.2, 0.25) is 5.91 Å². The number of thioether (sulfide) groups is 1. The zero-order valence-corrected chi connectivity index (χ0v) is 14.1. The Morgan fingerprint density at radius 2 is 1.90 bits per heavy atom. The van der Waals surface area contributed by atoms with Crippen LogP contribution in [-0.2, 0) is 4.79 Å². The molecular weight excluding hydrogens is 280 g/mol. The van der Waals surface area contributed by atoms with Crippen molar-refractivity contribution in [3.63, 3.8) is 0 Å². The van der Waals surface area contributed by atoms with Gasteiger partial charge in [-0.2, -0.15) is 0 Å². The smallest absolute Gasteiger partial charge is 0.224 e. The van der Waals surface area contributed by atoms with E-state index < -0.39 is 0 Å². The number of benzene rings is 1. The topological polar surface area (TPSA) is 55.1 Å². The van der Waals surface area contributed by atoms with Crippen molar-refractivity contribution >= 4 is 29.0 Å². The van der Waals surface area contributed by atoms with E-state index in [1.807, 2.05) is 18.2 Å². The van der Waals surface area contributed by atoms with Crippen molar-refractivity contribution in [3.8, 4) is 0 Å². The lowest BCUT2D eigenvalue weighted by Gasteiger charge is -2.10. The predicted molar refractivity (Wildman–Crippen MR) is 93.9 cm³/mol. The Kier molecular flexibility index (Phi) is 8.99. The van der Waals surface area contributed by atoms with E-state index in [0.717, 1.165) is 35.6 Å². The van der Waals surface area contributed by atoms with Gasteiger partial charge in [0.25, 0.3) is 0 Å². The maximum Gasteiger partial charge on any atom is 0.224 e. The second-order valence-electron chi connectivity index (χ2n) is 5.31. The van der Waals surface area contributed by atoms with Crippen LogP contribution in [0.15, 0.2) is 23.1 Å². The monoisotopic (exact) mass is 308 g/mol. The van der Waals surface area contributed by atoms with E-state index in [2.05, 4.69) is 19.2 Å².